The lowest BCUT2D eigenvalue weighted by atomic mass is 10.2. The van der Waals surface area contributed by atoms with Crippen LogP contribution < -0.4 is 0 Å². The number of carbonyl (C=O) groups is 3. The molecule has 0 saturated carbocycles. The molecule has 0 aromatic rings. The molecule has 3 nitrogen and oxygen atoms in total. The number of carbonyl (C=O) groups excluding carboxylic acids is 3. The number of hydrogen-bond donors (Lipinski definition) is 0. The van der Waals surface area contributed by atoms with Gasteiger partial charge in [0.1, 0.15) is 18.9 Å². The Kier molecular flexibility index (Phi) is 4.22. The van der Waals surface area contributed by atoms with Crippen molar-refractivity contribution >= 4 is 18.9 Å². The van der Waals surface area contributed by atoms with Crippen molar-refractivity contribution in [3.05, 3.63) is 11.6 Å². The van der Waals surface area contributed by atoms with Gasteiger partial charge in [0.15, 0.2) is 0 Å². The maximum absolute atomic E-state index is 9.90. The molecule has 0 fully saturated rings. The molecular weight excluding hydrogens is 120 g/mol. The van der Waals surface area contributed by atoms with Crippen molar-refractivity contribution < 1.29 is 14.4 Å². The summed E-state index contributed by atoms with van der Waals surface area (Å²) in [5.74, 6) is 0. The molecule has 0 aromatic carbocycles. The molecule has 0 aliphatic heterocycles. The highest BCUT2D eigenvalue weighted by Crippen LogP contribution is 1.90. The van der Waals surface area contributed by atoms with Gasteiger partial charge in [-0.25, -0.2) is 0 Å². The van der Waals surface area contributed by atoms with Crippen LogP contribution in [-0.2, 0) is 14.4 Å². The average Bonchev–Trinajstić information content (AvgIpc) is 1.88. The molecule has 0 bridgehead atoms. The van der Waals surface area contributed by atoms with E-state index in [1.807, 2.05) is 0 Å². The second-order valence-electron chi connectivity index (χ2n) is 1.37. The van der Waals surface area contributed by atoms with Crippen LogP contribution in [-0.4, -0.2) is 18.9 Å². The van der Waals surface area contributed by atoms with E-state index in [0.717, 1.165) is 6.08 Å². The fourth-order valence-corrected chi connectivity index (χ4v) is 0.339. The van der Waals surface area contributed by atoms with E-state index in [1.165, 1.54) is 0 Å². The van der Waals surface area contributed by atoms with Crippen molar-refractivity contribution in [3.8, 4) is 0 Å². The summed E-state index contributed by atoms with van der Waals surface area (Å²) in [6.45, 7) is 0. The van der Waals surface area contributed by atoms with Crippen molar-refractivity contribution in [2.45, 2.75) is 6.42 Å². The van der Waals surface area contributed by atoms with Gasteiger partial charge in [-0.2, -0.15) is 0 Å². The van der Waals surface area contributed by atoms with E-state index in [9.17, 15) is 14.4 Å². The van der Waals surface area contributed by atoms with Crippen LogP contribution in [0.15, 0.2) is 11.6 Å². The number of hydrogen-bond acceptors (Lipinski definition) is 3. The molecule has 9 heavy (non-hydrogen) atoms. The molecule has 3 heteroatoms. The predicted octanol–water partition coefficient (Wildman–Crippen LogP) is -0.100. The minimum Gasteiger partial charge on any atom is -0.303 e. The number of rotatable bonds is 4. The second kappa shape index (κ2) is 4.90. The zero-order chi connectivity index (χ0) is 7.11. The van der Waals surface area contributed by atoms with Gasteiger partial charge in [-0.15, -0.1) is 0 Å². The molecule has 0 radical (unpaired) electrons. The zero-order valence-corrected chi connectivity index (χ0v) is 4.74. The summed E-state index contributed by atoms with van der Waals surface area (Å²) in [6.07, 6.45) is 2.63. The largest absolute Gasteiger partial charge is 0.303 e. The molecule has 0 saturated heterocycles. The molecule has 0 aliphatic carbocycles. The van der Waals surface area contributed by atoms with Crippen molar-refractivity contribution in [3.63, 3.8) is 0 Å². The Morgan fingerprint density at radius 2 is 1.89 bits per heavy atom. The highest BCUT2D eigenvalue weighted by Gasteiger charge is 1.89. The second-order valence-corrected chi connectivity index (χ2v) is 1.37. The zero-order valence-electron chi connectivity index (χ0n) is 4.74. The molecule has 0 spiro atoms. The summed E-state index contributed by atoms with van der Waals surface area (Å²) in [5.41, 5.74) is 0.208. The Bertz CT molecular complexity index is 146. The number of aldehydes is 3. The van der Waals surface area contributed by atoms with Crippen LogP contribution in [0.4, 0.5) is 0 Å². The molecule has 0 aliphatic rings. The van der Waals surface area contributed by atoms with E-state index >= 15 is 0 Å². The van der Waals surface area contributed by atoms with Gasteiger partial charge in [0.25, 0.3) is 0 Å². The summed E-state index contributed by atoms with van der Waals surface area (Å²) < 4.78 is 0. The van der Waals surface area contributed by atoms with Crippen molar-refractivity contribution in [2.24, 2.45) is 0 Å². The molecule has 0 heterocycles. The summed E-state index contributed by atoms with van der Waals surface area (Å²) in [4.78, 5) is 29.3. The van der Waals surface area contributed by atoms with E-state index < -0.39 is 0 Å². The van der Waals surface area contributed by atoms with Gasteiger partial charge in [-0.05, 0) is 6.08 Å². The van der Waals surface area contributed by atoms with Crippen molar-refractivity contribution in [2.75, 3.05) is 0 Å². The van der Waals surface area contributed by atoms with Gasteiger partial charge in [-0.1, -0.05) is 0 Å². The Balaban J connectivity index is 3.95. The van der Waals surface area contributed by atoms with Crippen molar-refractivity contribution in [1.82, 2.24) is 0 Å². The normalized spacial score (nSPS) is 10.4. The summed E-state index contributed by atoms with van der Waals surface area (Å²) in [7, 11) is 0. The Morgan fingerprint density at radius 3 is 2.22 bits per heavy atom. The first-order chi connectivity index (χ1) is 4.35. The van der Waals surface area contributed by atoms with Gasteiger partial charge in [0, 0.05) is 12.0 Å². The molecule has 0 unspecified atom stereocenters. The Labute approximate surface area is 52.4 Å². The van der Waals surface area contributed by atoms with E-state index in [-0.39, 0.29) is 12.0 Å². The molecule has 0 atom stereocenters. The predicted molar refractivity (Wildman–Crippen MR) is 30.9 cm³/mol. The van der Waals surface area contributed by atoms with Crippen LogP contribution in [0, 0.1) is 0 Å². The first-order valence-electron chi connectivity index (χ1n) is 2.38. The maximum atomic E-state index is 9.90. The van der Waals surface area contributed by atoms with Gasteiger partial charge in [0.05, 0.1) is 0 Å². The third kappa shape index (κ3) is 3.34. The fraction of sp³-hybridized carbons (Fsp3) is 0.167. The summed E-state index contributed by atoms with van der Waals surface area (Å²) >= 11 is 0. The van der Waals surface area contributed by atoms with E-state index in [1.54, 1.807) is 0 Å². The summed E-state index contributed by atoms with van der Waals surface area (Å²) in [6, 6.07) is 0. The van der Waals surface area contributed by atoms with Gasteiger partial charge < -0.3 is 4.79 Å². The van der Waals surface area contributed by atoms with Crippen LogP contribution >= 0.6 is 0 Å². The Hall–Kier alpha value is -1.25. The van der Waals surface area contributed by atoms with Gasteiger partial charge >= 0.3 is 0 Å². The molecule has 0 amide bonds. The van der Waals surface area contributed by atoms with Gasteiger partial charge in [-0.3, -0.25) is 9.59 Å². The van der Waals surface area contributed by atoms with Gasteiger partial charge in [0.2, 0.25) is 0 Å². The first-order valence-corrected chi connectivity index (χ1v) is 2.38. The topological polar surface area (TPSA) is 51.2 Å². The van der Waals surface area contributed by atoms with Crippen LogP contribution in [0.25, 0.3) is 0 Å². The first kappa shape index (κ1) is 7.75. The van der Waals surface area contributed by atoms with E-state index in [0.29, 0.717) is 18.9 Å². The smallest absolute Gasteiger partial charge is 0.146 e. The lowest BCUT2D eigenvalue weighted by Gasteiger charge is -1.83. The minimum absolute atomic E-state index is 0.0161. The molecule has 0 rings (SSSR count). The average molecular weight is 126 g/mol. The molecule has 0 aromatic heterocycles. The molecule has 0 N–H and O–H groups in total. The van der Waals surface area contributed by atoms with Crippen LogP contribution in [0.3, 0.4) is 0 Å². The van der Waals surface area contributed by atoms with Crippen molar-refractivity contribution in [1.29, 1.82) is 0 Å². The lowest BCUT2D eigenvalue weighted by Crippen LogP contribution is -1.85. The third-order valence-corrected chi connectivity index (χ3v) is 0.753. The third-order valence-electron chi connectivity index (χ3n) is 0.753. The monoisotopic (exact) mass is 126 g/mol. The van der Waals surface area contributed by atoms with Crippen LogP contribution in [0.5, 0.6) is 0 Å². The fourth-order valence-electron chi connectivity index (χ4n) is 0.339. The highest BCUT2D eigenvalue weighted by atomic mass is 16.1. The molecule has 48 valence electrons. The van der Waals surface area contributed by atoms with E-state index in [2.05, 4.69) is 0 Å². The summed E-state index contributed by atoms with van der Waals surface area (Å²) in [5, 5.41) is 0. The Morgan fingerprint density at radius 1 is 1.22 bits per heavy atom. The minimum atomic E-state index is 0.0161. The SMILES string of the molecule is O=CC=C(C=O)CC=O. The maximum Gasteiger partial charge on any atom is 0.146 e. The lowest BCUT2D eigenvalue weighted by molar-refractivity contribution is -0.109. The standard InChI is InChI=1S/C6H6O3/c7-3-1-6(5-9)2-4-8/h1,3-5H,2H2. The number of allylic oxidation sites excluding steroid dienone is 2. The molecular formula is C6H6O3. The van der Waals surface area contributed by atoms with Crippen LogP contribution in [0.2, 0.25) is 0 Å². The van der Waals surface area contributed by atoms with Crippen LogP contribution in [0.1, 0.15) is 6.42 Å². The quantitative estimate of drug-likeness (QED) is 0.390. The highest BCUT2D eigenvalue weighted by molar-refractivity contribution is 5.85. The van der Waals surface area contributed by atoms with E-state index in [4.69, 9.17) is 0 Å².